The summed E-state index contributed by atoms with van der Waals surface area (Å²) in [5.41, 5.74) is 6.71. The Morgan fingerprint density at radius 1 is 1.50 bits per heavy atom. The van der Waals surface area contributed by atoms with E-state index in [-0.39, 0.29) is 6.04 Å². The third kappa shape index (κ3) is 1.83. The Kier molecular flexibility index (Phi) is 2.98. The molecule has 0 amide bonds. The second kappa shape index (κ2) is 4.27. The monoisotopic (exact) mass is 254 g/mol. The zero-order valence-corrected chi connectivity index (χ0v) is 10.2. The number of H-pyrrole nitrogens is 1. The molecule has 0 saturated carbocycles. The Hall–Kier alpha value is -1.33. The highest BCUT2D eigenvalue weighted by Gasteiger charge is 2.14. The summed E-state index contributed by atoms with van der Waals surface area (Å²) in [5, 5.41) is 7.22. The van der Waals surface area contributed by atoms with E-state index in [9.17, 15) is 0 Å². The molecule has 1 aromatic heterocycles. The Morgan fingerprint density at radius 3 is 2.75 bits per heavy atom. The molecular weight excluding hydrogens is 244 g/mol. The van der Waals surface area contributed by atoms with Crippen molar-refractivity contribution in [2.24, 2.45) is 0 Å². The molecule has 1 unspecified atom stereocenters. The van der Waals surface area contributed by atoms with Crippen LogP contribution < -0.4 is 5.73 Å². The number of hydrogen-bond acceptors (Lipinski definition) is 3. The largest absolute Gasteiger partial charge is 0.368 e. The van der Waals surface area contributed by atoms with Gasteiger partial charge in [0.15, 0.2) is 4.77 Å². The molecule has 2 aromatic rings. The molecule has 6 heteroatoms. The maximum atomic E-state index is 6.12. The standard InChI is InChI=1S/C10H11ClN4S/c1-6(7-4-2-3-5-8(7)11)15-9(12)13-14-10(15)16/h2-6H,1H3,(H2,12,13)(H,14,16). The van der Waals surface area contributed by atoms with Crippen molar-refractivity contribution in [3.05, 3.63) is 39.6 Å². The van der Waals surface area contributed by atoms with Gasteiger partial charge in [-0.15, -0.1) is 5.10 Å². The van der Waals surface area contributed by atoms with Gasteiger partial charge in [0.05, 0.1) is 6.04 Å². The van der Waals surface area contributed by atoms with Crippen molar-refractivity contribution < 1.29 is 0 Å². The van der Waals surface area contributed by atoms with Gasteiger partial charge in [0, 0.05) is 5.02 Å². The first-order valence-corrected chi connectivity index (χ1v) is 5.56. The molecule has 0 aliphatic rings. The van der Waals surface area contributed by atoms with Crippen LogP contribution in [0.25, 0.3) is 0 Å². The van der Waals surface area contributed by atoms with Crippen LogP contribution in [-0.2, 0) is 0 Å². The number of aromatic amines is 1. The average molecular weight is 255 g/mol. The SMILES string of the molecule is CC(c1ccccc1Cl)n1c(N)n[nH]c1=S. The second-order valence-electron chi connectivity index (χ2n) is 3.45. The minimum absolute atomic E-state index is 0.0417. The van der Waals surface area contributed by atoms with Crippen LogP contribution in [0.2, 0.25) is 5.02 Å². The highest BCUT2D eigenvalue weighted by molar-refractivity contribution is 7.71. The van der Waals surface area contributed by atoms with Crippen LogP contribution in [0.3, 0.4) is 0 Å². The molecule has 4 nitrogen and oxygen atoms in total. The third-order valence-electron chi connectivity index (χ3n) is 2.47. The quantitative estimate of drug-likeness (QED) is 0.811. The normalized spacial score (nSPS) is 12.6. The lowest BCUT2D eigenvalue weighted by molar-refractivity contribution is 0.638. The molecule has 0 aliphatic carbocycles. The summed E-state index contributed by atoms with van der Waals surface area (Å²) >= 11 is 11.2. The van der Waals surface area contributed by atoms with Crippen LogP contribution in [0.5, 0.6) is 0 Å². The number of hydrogen-bond donors (Lipinski definition) is 2. The summed E-state index contributed by atoms with van der Waals surface area (Å²) in [6.07, 6.45) is 0. The summed E-state index contributed by atoms with van der Waals surface area (Å²) in [7, 11) is 0. The fourth-order valence-electron chi connectivity index (χ4n) is 1.64. The number of anilines is 1. The fraction of sp³-hybridized carbons (Fsp3) is 0.200. The topological polar surface area (TPSA) is 59.6 Å². The highest BCUT2D eigenvalue weighted by Crippen LogP contribution is 2.26. The van der Waals surface area contributed by atoms with Crippen molar-refractivity contribution >= 4 is 29.8 Å². The van der Waals surface area contributed by atoms with E-state index in [1.165, 1.54) is 0 Å². The lowest BCUT2D eigenvalue weighted by atomic mass is 10.1. The molecule has 1 atom stereocenters. The summed E-state index contributed by atoms with van der Waals surface area (Å²) < 4.78 is 2.22. The van der Waals surface area contributed by atoms with E-state index in [0.717, 1.165) is 5.56 Å². The average Bonchev–Trinajstić information content (AvgIpc) is 2.58. The van der Waals surface area contributed by atoms with Gasteiger partial charge in [-0.25, -0.2) is 5.10 Å². The van der Waals surface area contributed by atoms with Gasteiger partial charge in [-0.3, -0.25) is 4.57 Å². The maximum Gasteiger partial charge on any atom is 0.221 e. The van der Waals surface area contributed by atoms with Crippen LogP contribution in [-0.4, -0.2) is 14.8 Å². The smallest absolute Gasteiger partial charge is 0.221 e. The zero-order chi connectivity index (χ0) is 11.7. The third-order valence-corrected chi connectivity index (χ3v) is 3.11. The molecule has 0 radical (unpaired) electrons. The lowest BCUT2D eigenvalue weighted by Crippen LogP contribution is -2.10. The molecule has 0 bridgehead atoms. The summed E-state index contributed by atoms with van der Waals surface area (Å²) in [6.45, 7) is 1.98. The molecular formula is C10H11ClN4S. The van der Waals surface area contributed by atoms with Crippen molar-refractivity contribution in [1.29, 1.82) is 0 Å². The first-order valence-electron chi connectivity index (χ1n) is 4.78. The predicted molar refractivity (Wildman–Crippen MR) is 67.1 cm³/mol. The van der Waals surface area contributed by atoms with E-state index in [1.807, 2.05) is 31.2 Å². The zero-order valence-electron chi connectivity index (χ0n) is 8.64. The lowest BCUT2D eigenvalue weighted by Gasteiger charge is -2.15. The van der Waals surface area contributed by atoms with Crippen LogP contribution in [0.15, 0.2) is 24.3 Å². The van der Waals surface area contributed by atoms with Crippen LogP contribution in [0.4, 0.5) is 5.95 Å². The van der Waals surface area contributed by atoms with E-state index in [4.69, 9.17) is 29.6 Å². The molecule has 84 valence electrons. The van der Waals surface area contributed by atoms with Gasteiger partial charge in [-0.2, -0.15) is 0 Å². The van der Waals surface area contributed by atoms with E-state index < -0.39 is 0 Å². The number of nitrogen functional groups attached to an aromatic ring is 1. The molecule has 0 aliphatic heterocycles. The Balaban J connectivity index is 2.51. The molecule has 16 heavy (non-hydrogen) atoms. The van der Waals surface area contributed by atoms with E-state index in [2.05, 4.69) is 10.2 Å². The van der Waals surface area contributed by atoms with Gasteiger partial charge in [0.2, 0.25) is 5.95 Å². The van der Waals surface area contributed by atoms with Gasteiger partial charge >= 0.3 is 0 Å². The van der Waals surface area contributed by atoms with E-state index in [1.54, 1.807) is 4.57 Å². The number of rotatable bonds is 2. The Bertz CT molecular complexity index is 560. The second-order valence-corrected chi connectivity index (χ2v) is 4.25. The minimum atomic E-state index is -0.0417. The van der Waals surface area contributed by atoms with Gasteiger partial charge < -0.3 is 5.73 Å². The van der Waals surface area contributed by atoms with Gasteiger partial charge in [0.25, 0.3) is 0 Å². The van der Waals surface area contributed by atoms with Crippen LogP contribution >= 0.6 is 23.8 Å². The number of nitrogens with zero attached hydrogens (tertiary/aromatic N) is 2. The van der Waals surface area contributed by atoms with Crippen molar-refractivity contribution in [3.63, 3.8) is 0 Å². The number of benzene rings is 1. The molecule has 2 rings (SSSR count). The van der Waals surface area contributed by atoms with Crippen molar-refractivity contribution in [2.45, 2.75) is 13.0 Å². The number of halogens is 1. The maximum absolute atomic E-state index is 6.12. The molecule has 3 N–H and O–H groups in total. The molecule has 1 aromatic carbocycles. The summed E-state index contributed by atoms with van der Waals surface area (Å²) in [4.78, 5) is 0. The first-order chi connectivity index (χ1) is 7.61. The fourth-order valence-corrected chi connectivity index (χ4v) is 2.24. The van der Waals surface area contributed by atoms with Gasteiger partial charge in [-0.1, -0.05) is 29.8 Å². The Morgan fingerprint density at radius 2 is 2.19 bits per heavy atom. The number of aromatic nitrogens is 3. The first kappa shape index (κ1) is 11.2. The molecule has 0 saturated heterocycles. The Labute approximate surface area is 103 Å². The highest BCUT2D eigenvalue weighted by atomic mass is 35.5. The van der Waals surface area contributed by atoms with Gasteiger partial charge in [-0.05, 0) is 30.8 Å². The number of nitrogens with one attached hydrogen (secondary N) is 1. The summed E-state index contributed by atoms with van der Waals surface area (Å²) in [6, 6.07) is 7.56. The van der Waals surface area contributed by atoms with Crippen LogP contribution in [0.1, 0.15) is 18.5 Å². The van der Waals surface area contributed by atoms with Crippen molar-refractivity contribution in [3.8, 4) is 0 Å². The molecule has 1 heterocycles. The minimum Gasteiger partial charge on any atom is -0.368 e. The van der Waals surface area contributed by atoms with E-state index >= 15 is 0 Å². The molecule has 0 spiro atoms. The number of nitrogens with two attached hydrogens (primary N) is 1. The van der Waals surface area contributed by atoms with E-state index in [0.29, 0.717) is 15.7 Å². The van der Waals surface area contributed by atoms with Gasteiger partial charge in [0.1, 0.15) is 0 Å². The molecule has 0 fully saturated rings. The van der Waals surface area contributed by atoms with Crippen LogP contribution in [0, 0.1) is 4.77 Å². The summed E-state index contributed by atoms with van der Waals surface area (Å²) in [5.74, 6) is 0.359. The van der Waals surface area contributed by atoms with Crippen molar-refractivity contribution in [2.75, 3.05) is 5.73 Å². The van der Waals surface area contributed by atoms with Crippen molar-refractivity contribution in [1.82, 2.24) is 14.8 Å². The predicted octanol–water partition coefficient (Wildman–Crippen LogP) is 2.79.